The van der Waals surface area contributed by atoms with Crippen molar-refractivity contribution in [2.45, 2.75) is 33.4 Å². The van der Waals surface area contributed by atoms with Gasteiger partial charge in [0.25, 0.3) is 0 Å². The van der Waals surface area contributed by atoms with E-state index in [1.807, 2.05) is 32.9 Å². The zero-order chi connectivity index (χ0) is 15.9. The highest BCUT2D eigenvalue weighted by atomic mass is 16.2. The molecule has 1 aliphatic heterocycles. The first-order valence-electron chi connectivity index (χ1n) is 7.61. The predicted octanol–water partition coefficient (Wildman–Crippen LogP) is 1.47. The van der Waals surface area contributed by atoms with Crippen molar-refractivity contribution in [2.24, 2.45) is 0 Å². The standard InChI is InChI=1S/C17H21N3O2/c1-10-4-5-11(2)16-15(10)14(21)8-13(19-16)9-20-7-6-18-17(22)12(20)3/h4-5,8,12H,6-7,9H2,1-3H3,(H,18,22)(H,19,21)/t12-/m1/s1. The lowest BCUT2D eigenvalue weighted by atomic mass is 10.0. The van der Waals surface area contributed by atoms with E-state index in [4.69, 9.17) is 0 Å². The minimum absolute atomic E-state index is 0.0408. The summed E-state index contributed by atoms with van der Waals surface area (Å²) >= 11 is 0. The summed E-state index contributed by atoms with van der Waals surface area (Å²) in [4.78, 5) is 29.7. The molecule has 5 nitrogen and oxygen atoms in total. The quantitative estimate of drug-likeness (QED) is 0.882. The molecular weight excluding hydrogens is 278 g/mol. The van der Waals surface area contributed by atoms with Crippen molar-refractivity contribution in [3.63, 3.8) is 0 Å². The molecule has 2 heterocycles. The second-order valence-corrected chi connectivity index (χ2v) is 6.05. The van der Waals surface area contributed by atoms with Gasteiger partial charge in [-0.1, -0.05) is 12.1 Å². The first-order valence-corrected chi connectivity index (χ1v) is 7.61. The molecule has 3 rings (SSSR count). The highest BCUT2D eigenvalue weighted by molar-refractivity contribution is 5.85. The number of fused-ring (bicyclic) bond motifs is 1. The molecule has 5 heteroatoms. The maximum Gasteiger partial charge on any atom is 0.237 e. The van der Waals surface area contributed by atoms with Gasteiger partial charge in [0, 0.05) is 36.8 Å². The van der Waals surface area contributed by atoms with Crippen LogP contribution in [0.4, 0.5) is 0 Å². The maximum atomic E-state index is 12.4. The molecule has 1 aromatic carbocycles. The van der Waals surface area contributed by atoms with Gasteiger partial charge in [-0.3, -0.25) is 14.5 Å². The minimum atomic E-state index is -0.174. The topological polar surface area (TPSA) is 65.2 Å². The van der Waals surface area contributed by atoms with Crippen LogP contribution in [0.15, 0.2) is 23.0 Å². The SMILES string of the molecule is Cc1ccc(C)c2c(=O)cc(CN3CCNC(=O)[C@H]3C)[nH]c12. The summed E-state index contributed by atoms with van der Waals surface area (Å²) in [6, 6.07) is 5.48. The number of aromatic amines is 1. The number of amides is 1. The van der Waals surface area contributed by atoms with Crippen molar-refractivity contribution < 1.29 is 4.79 Å². The first kappa shape index (κ1) is 14.8. The summed E-state index contributed by atoms with van der Waals surface area (Å²) in [7, 11) is 0. The molecular formula is C17H21N3O2. The van der Waals surface area contributed by atoms with E-state index >= 15 is 0 Å². The number of benzene rings is 1. The van der Waals surface area contributed by atoms with Gasteiger partial charge in [0.15, 0.2) is 5.43 Å². The van der Waals surface area contributed by atoms with E-state index in [0.29, 0.717) is 13.1 Å². The Hall–Kier alpha value is -2.14. The average molecular weight is 299 g/mol. The Kier molecular flexibility index (Phi) is 3.74. The van der Waals surface area contributed by atoms with E-state index in [9.17, 15) is 9.59 Å². The Morgan fingerprint density at radius 2 is 1.95 bits per heavy atom. The molecule has 2 aromatic rings. The van der Waals surface area contributed by atoms with Crippen molar-refractivity contribution >= 4 is 16.8 Å². The number of hydrogen-bond acceptors (Lipinski definition) is 3. The first-order chi connectivity index (χ1) is 10.5. The third-order valence-electron chi connectivity index (χ3n) is 4.46. The number of H-pyrrole nitrogens is 1. The molecule has 1 amide bonds. The number of carbonyl (C=O) groups excluding carboxylic acids is 1. The van der Waals surface area contributed by atoms with Gasteiger partial charge in [-0.25, -0.2) is 0 Å². The van der Waals surface area contributed by atoms with Gasteiger partial charge in [0.05, 0.1) is 11.6 Å². The maximum absolute atomic E-state index is 12.4. The molecule has 0 radical (unpaired) electrons. The van der Waals surface area contributed by atoms with Crippen LogP contribution in [-0.4, -0.2) is 34.9 Å². The lowest BCUT2D eigenvalue weighted by Gasteiger charge is -2.32. The van der Waals surface area contributed by atoms with Crippen LogP contribution in [0.1, 0.15) is 23.7 Å². The molecule has 2 N–H and O–H groups in total. The summed E-state index contributed by atoms with van der Waals surface area (Å²) in [5.41, 5.74) is 3.84. The number of piperazine rings is 1. The van der Waals surface area contributed by atoms with Gasteiger partial charge in [0.1, 0.15) is 0 Å². The average Bonchev–Trinajstić information content (AvgIpc) is 2.47. The van der Waals surface area contributed by atoms with Crippen molar-refractivity contribution in [3.8, 4) is 0 Å². The summed E-state index contributed by atoms with van der Waals surface area (Å²) in [5.74, 6) is 0.0430. The van der Waals surface area contributed by atoms with Gasteiger partial charge in [-0.2, -0.15) is 0 Å². The zero-order valence-corrected chi connectivity index (χ0v) is 13.2. The van der Waals surface area contributed by atoms with E-state index in [2.05, 4.69) is 15.2 Å². The molecule has 116 valence electrons. The monoisotopic (exact) mass is 299 g/mol. The molecule has 22 heavy (non-hydrogen) atoms. The van der Waals surface area contributed by atoms with Crippen LogP contribution < -0.4 is 10.7 Å². The van der Waals surface area contributed by atoms with Gasteiger partial charge in [-0.15, -0.1) is 0 Å². The number of carbonyl (C=O) groups is 1. The predicted molar refractivity (Wildman–Crippen MR) is 86.9 cm³/mol. The van der Waals surface area contributed by atoms with Crippen LogP contribution in [0.3, 0.4) is 0 Å². The Morgan fingerprint density at radius 1 is 1.23 bits per heavy atom. The fourth-order valence-corrected chi connectivity index (χ4v) is 3.07. The Balaban J connectivity index is 2.00. The molecule has 1 fully saturated rings. The number of nitrogens with one attached hydrogen (secondary N) is 2. The van der Waals surface area contributed by atoms with Gasteiger partial charge in [-0.05, 0) is 31.9 Å². The van der Waals surface area contributed by atoms with Crippen LogP contribution in [0.5, 0.6) is 0 Å². The number of hydrogen-bond donors (Lipinski definition) is 2. The smallest absolute Gasteiger partial charge is 0.237 e. The number of nitrogens with zero attached hydrogens (tertiary/aromatic N) is 1. The van der Waals surface area contributed by atoms with Crippen LogP contribution in [0, 0.1) is 13.8 Å². The van der Waals surface area contributed by atoms with E-state index < -0.39 is 0 Å². The Labute approximate surface area is 129 Å². The van der Waals surface area contributed by atoms with E-state index in [0.717, 1.165) is 34.3 Å². The lowest BCUT2D eigenvalue weighted by Crippen LogP contribution is -2.53. The Bertz CT molecular complexity index is 794. The third-order valence-corrected chi connectivity index (χ3v) is 4.46. The molecule has 0 bridgehead atoms. The van der Waals surface area contributed by atoms with Gasteiger partial charge < -0.3 is 10.3 Å². The fourth-order valence-electron chi connectivity index (χ4n) is 3.07. The molecule has 0 spiro atoms. The van der Waals surface area contributed by atoms with Crippen LogP contribution in [0.2, 0.25) is 0 Å². The number of aromatic nitrogens is 1. The molecule has 0 saturated carbocycles. The van der Waals surface area contributed by atoms with E-state index in [1.54, 1.807) is 6.07 Å². The number of pyridine rings is 1. The van der Waals surface area contributed by atoms with Gasteiger partial charge >= 0.3 is 0 Å². The molecule has 1 aliphatic rings. The number of rotatable bonds is 2. The summed E-state index contributed by atoms with van der Waals surface area (Å²) in [5, 5.41) is 3.61. The highest BCUT2D eigenvalue weighted by Gasteiger charge is 2.25. The van der Waals surface area contributed by atoms with E-state index in [1.165, 1.54) is 0 Å². The van der Waals surface area contributed by atoms with Crippen molar-refractivity contribution in [1.29, 1.82) is 0 Å². The summed E-state index contributed by atoms with van der Waals surface area (Å²) in [6.45, 7) is 7.86. The molecule has 1 atom stereocenters. The third kappa shape index (κ3) is 2.52. The van der Waals surface area contributed by atoms with Crippen LogP contribution in [-0.2, 0) is 11.3 Å². The minimum Gasteiger partial charge on any atom is -0.357 e. The summed E-state index contributed by atoms with van der Waals surface area (Å²) < 4.78 is 0. The largest absolute Gasteiger partial charge is 0.357 e. The zero-order valence-electron chi connectivity index (χ0n) is 13.2. The molecule has 0 aliphatic carbocycles. The molecule has 0 unspecified atom stereocenters. The normalized spacial score (nSPS) is 19.4. The summed E-state index contributed by atoms with van der Waals surface area (Å²) in [6.07, 6.45) is 0. The van der Waals surface area contributed by atoms with Crippen LogP contribution in [0.25, 0.3) is 10.9 Å². The highest BCUT2D eigenvalue weighted by Crippen LogP contribution is 2.18. The molecule has 1 saturated heterocycles. The van der Waals surface area contributed by atoms with Crippen LogP contribution >= 0.6 is 0 Å². The second kappa shape index (κ2) is 5.57. The Morgan fingerprint density at radius 3 is 2.73 bits per heavy atom. The van der Waals surface area contributed by atoms with Gasteiger partial charge in [0.2, 0.25) is 5.91 Å². The van der Waals surface area contributed by atoms with Crippen molar-refractivity contribution in [2.75, 3.05) is 13.1 Å². The van der Waals surface area contributed by atoms with Crippen molar-refractivity contribution in [3.05, 3.63) is 45.2 Å². The number of aryl methyl sites for hydroxylation is 2. The molecule has 1 aromatic heterocycles. The van der Waals surface area contributed by atoms with Crippen molar-refractivity contribution in [1.82, 2.24) is 15.2 Å². The lowest BCUT2D eigenvalue weighted by molar-refractivity contribution is -0.128. The van der Waals surface area contributed by atoms with E-state index in [-0.39, 0.29) is 17.4 Å². The second-order valence-electron chi connectivity index (χ2n) is 6.05. The fraction of sp³-hybridized carbons (Fsp3) is 0.412.